The number of aliphatic carboxylic acids is 1. The number of nitrogens with one attached hydrogen (secondary N) is 1. The van der Waals surface area contributed by atoms with E-state index in [-0.39, 0.29) is 6.42 Å². The van der Waals surface area contributed by atoms with Crippen molar-refractivity contribution in [2.75, 3.05) is 0 Å². The quantitative estimate of drug-likeness (QED) is 0.530. The van der Waals surface area contributed by atoms with Crippen molar-refractivity contribution in [2.24, 2.45) is 0 Å². The molecule has 0 bridgehead atoms. The summed E-state index contributed by atoms with van der Waals surface area (Å²) in [7, 11) is 0. The second-order valence-electron chi connectivity index (χ2n) is 6.36. The summed E-state index contributed by atoms with van der Waals surface area (Å²) in [6.07, 6.45) is 1.77. The molecule has 138 valence electrons. The molecule has 0 amide bonds. The first-order valence-electron chi connectivity index (χ1n) is 8.43. The van der Waals surface area contributed by atoms with Crippen LogP contribution in [0.15, 0.2) is 47.2 Å². The number of halogens is 2. The second-order valence-corrected chi connectivity index (χ2v) is 7.68. The highest BCUT2D eigenvalue weighted by atomic mass is 79.9. The van der Waals surface area contributed by atoms with Crippen molar-refractivity contribution in [2.45, 2.75) is 31.1 Å². The number of carboxylic acid groups (broad SMARTS) is 1. The number of nitriles is 1. The zero-order chi connectivity index (χ0) is 19.6. The van der Waals surface area contributed by atoms with Gasteiger partial charge in [0.05, 0.1) is 35.3 Å². The fourth-order valence-corrected chi connectivity index (χ4v) is 4.53. The SMILES string of the molecule is CCC(C#N)(c1ccc(Br)cc1Cl)C(CC(=O)O)c1cccc2[nH]cnc12. The van der Waals surface area contributed by atoms with Crippen LogP contribution in [0, 0.1) is 11.3 Å². The summed E-state index contributed by atoms with van der Waals surface area (Å²) in [5.74, 6) is -1.59. The Hall–Kier alpha value is -2.36. The number of nitrogens with zero attached hydrogens (tertiary/aromatic N) is 2. The molecule has 0 saturated heterocycles. The first-order valence-corrected chi connectivity index (χ1v) is 9.60. The number of hydrogen-bond acceptors (Lipinski definition) is 3. The Bertz CT molecular complexity index is 1040. The largest absolute Gasteiger partial charge is 0.481 e. The van der Waals surface area contributed by atoms with Gasteiger partial charge < -0.3 is 10.1 Å². The summed E-state index contributed by atoms with van der Waals surface area (Å²) < 4.78 is 0.795. The summed E-state index contributed by atoms with van der Waals surface area (Å²) in [6, 6.07) is 13.3. The Morgan fingerprint density at radius 3 is 2.85 bits per heavy atom. The van der Waals surface area contributed by atoms with Gasteiger partial charge in [-0.1, -0.05) is 52.7 Å². The van der Waals surface area contributed by atoms with Crippen molar-refractivity contribution in [3.05, 3.63) is 63.3 Å². The zero-order valence-electron chi connectivity index (χ0n) is 14.5. The fourth-order valence-electron chi connectivity index (χ4n) is 3.69. The van der Waals surface area contributed by atoms with Gasteiger partial charge in [0.2, 0.25) is 0 Å². The van der Waals surface area contributed by atoms with Crippen LogP contribution in [0.2, 0.25) is 5.02 Å². The number of carbonyl (C=O) groups is 1. The molecule has 2 unspecified atom stereocenters. The van der Waals surface area contributed by atoms with Crippen LogP contribution in [0.5, 0.6) is 0 Å². The van der Waals surface area contributed by atoms with Crippen LogP contribution in [0.3, 0.4) is 0 Å². The minimum Gasteiger partial charge on any atom is -0.481 e. The molecule has 5 nitrogen and oxygen atoms in total. The molecular weight excluding hydrogens is 430 g/mol. The van der Waals surface area contributed by atoms with Crippen LogP contribution in [-0.2, 0) is 10.2 Å². The summed E-state index contributed by atoms with van der Waals surface area (Å²) in [6.45, 7) is 1.88. The maximum absolute atomic E-state index is 11.7. The summed E-state index contributed by atoms with van der Waals surface area (Å²) in [5, 5.41) is 20.3. The first-order chi connectivity index (χ1) is 12.9. The molecule has 7 heteroatoms. The van der Waals surface area contributed by atoms with Gasteiger partial charge in [0.25, 0.3) is 0 Å². The van der Waals surface area contributed by atoms with Gasteiger partial charge in [-0.05, 0) is 35.7 Å². The maximum atomic E-state index is 11.7. The van der Waals surface area contributed by atoms with Gasteiger partial charge >= 0.3 is 5.97 Å². The Balaban J connectivity index is 2.29. The molecule has 27 heavy (non-hydrogen) atoms. The van der Waals surface area contributed by atoms with Gasteiger partial charge in [-0.15, -0.1) is 0 Å². The smallest absolute Gasteiger partial charge is 0.304 e. The third-order valence-corrected chi connectivity index (χ3v) is 5.80. The minimum absolute atomic E-state index is 0.209. The minimum atomic E-state index is -1.11. The van der Waals surface area contributed by atoms with Crippen LogP contribution >= 0.6 is 27.5 Å². The van der Waals surface area contributed by atoms with E-state index in [4.69, 9.17) is 11.6 Å². The van der Waals surface area contributed by atoms with Crippen molar-refractivity contribution in [3.63, 3.8) is 0 Å². The Kier molecular flexibility index (Phi) is 5.54. The predicted molar refractivity (Wildman–Crippen MR) is 108 cm³/mol. The standard InChI is InChI=1S/C20H17BrClN3O2/c1-2-20(10-23,14-7-6-12(21)8-16(14)22)15(9-18(26)27)13-4-3-5-17-19(13)25-11-24-17/h3-8,11,15H,2,9H2,1H3,(H,24,25)(H,26,27). The number of aromatic amines is 1. The van der Waals surface area contributed by atoms with Gasteiger partial charge in [0.1, 0.15) is 0 Å². The molecule has 0 aliphatic carbocycles. The molecule has 2 aromatic carbocycles. The normalized spacial score (nSPS) is 14.4. The number of fused-ring (bicyclic) bond motifs is 1. The van der Waals surface area contributed by atoms with Crippen LogP contribution in [-0.4, -0.2) is 21.0 Å². The van der Waals surface area contributed by atoms with Crippen molar-refractivity contribution in [3.8, 4) is 6.07 Å². The summed E-state index contributed by atoms with van der Waals surface area (Å²) in [4.78, 5) is 19.1. The van der Waals surface area contributed by atoms with Crippen LogP contribution < -0.4 is 0 Å². The van der Waals surface area contributed by atoms with E-state index in [2.05, 4.69) is 32.0 Å². The second kappa shape index (κ2) is 7.71. The molecule has 2 N–H and O–H groups in total. The molecule has 2 atom stereocenters. The lowest BCUT2D eigenvalue weighted by molar-refractivity contribution is -0.137. The molecule has 0 aliphatic rings. The van der Waals surface area contributed by atoms with E-state index >= 15 is 0 Å². The van der Waals surface area contributed by atoms with Gasteiger partial charge in [-0.3, -0.25) is 4.79 Å². The molecule has 0 spiro atoms. The van der Waals surface area contributed by atoms with E-state index in [0.29, 0.717) is 22.5 Å². The molecule has 1 heterocycles. The van der Waals surface area contributed by atoms with Gasteiger partial charge in [0, 0.05) is 15.4 Å². The van der Waals surface area contributed by atoms with Crippen molar-refractivity contribution < 1.29 is 9.90 Å². The van der Waals surface area contributed by atoms with Crippen LogP contribution in [0.1, 0.15) is 36.8 Å². The highest BCUT2D eigenvalue weighted by Gasteiger charge is 2.43. The highest BCUT2D eigenvalue weighted by molar-refractivity contribution is 9.10. The van der Waals surface area contributed by atoms with E-state index in [9.17, 15) is 15.2 Å². The molecule has 3 rings (SSSR count). The third kappa shape index (κ3) is 3.45. The lowest BCUT2D eigenvalue weighted by Crippen LogP contribution is -2.34. The lowest BCUT2D eigenvalue weighted by Gasteiger charge is -2.35. The summed E-state index contributed by atoms with van der Waals surface area (Å²) >= 11 is 9.87. The molecule has 0 aliphatic heterocycles. The number of carboxylic acids is 1. The molecule has 0 fully saturated rings. The number of para-hydroxylation sites is 1. The fraction of sp³-hybridized carbons (Fsp3) is 0.250. The lowest BCUT2D eigenvalue weighted by atomic mass is 9.65. The number of rotatable bonds is 6. The van der Waals surface area contributed by atoms with Crippen molar-refractivity contribution in [1.29, 1.82) is 5.26 Å². The number of hydrogen-bond donors (Lipinski definition) is 2. The number of H-pyrrole nitrogens is 1. The van der Waals surface area contributed by atoms with E-state index in [1.54, 1.807) is 18.5 Å². The summed E-state index contributed by atoms with van der Waals surface area (Å²) in [5.41, 5.74) is 1.70. The molecule has 1 aromatic heterocycles. The van der Waals surface area contributed by atoms with E-state index < -0.39 is 17.3 Å². The van der Waals surface area contributed by atoms with Gasteiger partial charge in [-0.2, -0.15) is 5.26 Å². The van der Waals surface area contributed by atoms with Crippen molar-refractivity contribution >= 4 is 44.5 Å². The molecule has 0 radical (unpaired) electrons. The Morgan fingerprint density at radius 1 is 1.44 bits per heavy atom. The monoisotopic (exact) mass is 445 g/mol. The van der Waals surface area contributed by atoms with Gasteiger partial charge in [-0.25, -0.2) is 4.98 Å². The van der Waals surface area contributed by atoms with Gasteiger partial charge in [0.15, 0.2) is 0 Å². The average Bonchev–Trinajstić information content (AvgIpc) is 3.12. The van der Waals surface area contributed by atoms with Crippen LogP contribution in [0.4, 0.5) is 0 Å². The number of aromatic nitrogens is 2. The van der Waals surface area contributed by atoms with Crippen LogP contribution in [0.25, 0.3) is 11.0 Å². The number of benzene rings is 2. The van der Waals surface area contributed by atoms with Crippen molar-refractivity contribution in [1.82, 2.24) is 9.97 Å². The number of imidazole rings is 1. The first kappa shape index (κ1) is 19.4. The zero-order valence-corrected chi connectivity index (χ0v) is 16.9. The van der Waals surface area contributed by atoms with E-state index in [1.165, 1.54) is 0 Å². The maximum Gasteiger partial charge on any atom is 0.304 e. The predicted octanol–water partition coefficient (Wildman–Crippen LogP) is 5.41. The molecule has 3 aromatic rings. The molecular formula is C20H17BrClN3O2. The highest BCUT2D eigenvalue weighted by Crippen LogP contribution is 2.47. The van der Waals surface area contributed by atoms with E-state index in [0.717, 1.165) is 15.6 Å². The Labute approximate surface area is 170 Å². The Morgan fingerprint density at radius 2 is 2.22 bits per heavy atom. The third-order valence-electron chi connectivity index (χ3n) is 5.00. The average molecular weight is 447 g/mol. The molecule has 0 saturated carbocycles. The van der Waals surface area contributed by atoms with E-state index in [1.807, 2.05) is 31.2 Å². The topological polar surface area (TPSA) is 89.8 Å².